The van der Waals surface area contributed by atoms with Crippen LogP contribution in [0.1, 0.15) is 35.9 Å². The minimum Gasteiger partial charge on any atom is -0.326 e. The lowest BCUT2D eigenvalue weighted by Gasteiger charge is -2.34. The predicted octanol–water partition coefficient (Wildman–Crippen LogP) is 3.34. The van der Waals surface area contributed by atoms with E-state index in [0.717, 1.165) is 12.8 Å². The number of carbonyl (C=O) groups excluding carboxylic acids is 3. The van der Waals surface area contributed by atoms with Gasteiger partial charge in [0, 0.05) is 24.8 Å². The van der Waals surface area contributed by atoms with Crippen molar-refractivity contribution in [2.24, 2.45) is 0 Å². The van der Waals surface area contributed by atoms with Gasteiger partial charge < -0.3 is 15.5 Å². The molecule has 1 unspecified atom stereocenters. The van der Waals surface area contributed by atoms with Crippen molar-refractivity contribution in [3.05, 3.63) is 46.7 Å². The van der Waals surface area contributed by atoms with E-state index in [1.165, 1.54) is 18.3 Å². The first-order valence-electron chi connectivity index (χ1n) is 8.57. The van der Waals surface area contributed by atoms with Gasteiger partial charge in [-0.05, 0) is 48.9 Å². The minimum absolute atomic E-state index is 0.0909. The van der Waals surface area contributed by atoms with E-state index in [2.05, 4.69) is 10.6 Å². The molecule has 1 aliphatic rings. The summed E-state index contributed by atoms with van der Waals surface area (Å²) < 4.78 is 0. The van der Waals surface area contributed by atoms with Crippen LogP contribution in [0.15, 0.2) is 41.8 Å². The van der Waals surface area contributed by atoms with Crippen molar-refractivity contribution in [2.45, 2.75) is 32.2 Å². The van der Waals surface area contributed by atoms with E-state index in [1.54, 1.807) is 35.2 Å². The molecule has 0 bridgehead atoms. The third-order valence-corrected chi connectivity index (χ3v) is 5.11. The zero-order valence-electron chi connectivity index (χ0n) is 14.5. The standard InChI is InChI=1S/C19H21N3O3S/c1-13(23)20-14-6-4-7-15(12-14)21-18(24)16-8-2-3-10-22(16)19(25)17-9-5-11-26-17/h4-7,9,11-12,16H,2-3,8,10H2,1H3,(H,20,23)(H,21,24). The number of hydrogen-bond donors (Lipinski definition) is 2. The summed E-state index contributed by atoms with van der Waals surface area (Å²) in [4.78, 5) is 39.0. The summed E-state index contributed by atoms with van der Waals surface area (Å²) in [6.45, 7) is 2.02. The van der Waals surface area contributed by atoms with Gasteiger partial charge in [0.05, 0.1) is 4.88 Å². The van der Waals surface area contributed by atoms with Crippen molar-refractivity contribution in [3.63, 3.8) is 0 Å². The lowest BCUT2D eigenvalue weighted by atomic mass is 10.0. The van der Waals surface area contributed by atoms with Crippen LogP contribution in [0.3, 0.4) is 0 Å². The summed E-state index contributed by atoms with van der Waals surface area (Å²) in [5.74, 6) is -0.463. The molecular formula is C19H21N3O3S. The highest BCUT2D eigenvalue weighted by Gasteiger charge is 2.33. The SMILES string of the molecule is CC(=O)Nc1cccc(NC(=O)C2CCCCN2C(=O)c2cccs2)c1. The fourth-order valence-corrected chi connectivity index (χ4v) is 3.77. The number of likely N-dealkylation sites (tertiary alicyclic amines) is 1. The van der Waals surface area contributed by atoms with E-state index in [9.17, 15) is 14.4 Å². The average Bonchev–Trinajstić information content (AvgIpc) is 3.15. The van der Waals surface area contributed by atoms with Gasteiger partial charge in [-0.2, -0.15) is 0 Å². The first-order chi connectivity index (χ1) is 12.5. The molecule has 2 aromatic rings. The lowest BCUT2D eigenvalue weighted by molar-refractivity contribution is -0.121. The normalized spacial score (nSPS) is 16.8. The molecule has 1 aromatic carbocycles. The average molecular weight is 371 g/mol. The second-order valence-corrected chi connectivity index (χ2v) is 7.19. The van der Waals surface area contributed by atoms with Crippen molar-refractivity contribution >= 4 is 40.4 Å². The van der Waals surface area contributed by atoms with E-state index in [-0.39, 0.29) is 17.7 Å². The molecule has 2 heterocycles. The number of nitrogens with zero attached hydrogens (tertiary/aromatic N) is 1. The summed E-state index contributed by atoms with van der Waals surface area (Å²) in [5.41, 5.74) is 1.21. The molecule has 0 aliphatic carbocycles. The number of carbonyl (C=O) groups is 3. The summed E-state index contributed by atoms with van der Waals surface area (Å²) in [7, 11) is 0. The van der Waals surface area contributed by atoms with Crippen LogP contribution in [0.2, 0.25) is 0 Å². The highest BCUT2D eigenvalue weighted by molar-refractivity contribution is 7.12. The quantitative estimate of drug-likeness (QED) is 0.865. The molecule has 1 aliphatic heterocycles. The van der Waals surface area contributed by atoms with Gasteiger partial charge in [0.1, 0.15) is 6.04 Å². The third-order valence-electron chi connectivity index (χ3n) is 4.25. The van der Waals surface area contributed by atoms with E-state index < -0.39 is 6.04 Å². The maximum Gasteiger partial charge on any atom is 0.264 e. The van der Waals surface area contributed by atoms with Gasteiger partial charge in [0.15, 0.2) is 0 Å². The Hall–Kier alpha value is -2.67. The first kappa shape index (κ1) is 18.1. The molecule has 26 heavy (non-hydrogen) atoms. The van der Waals surface area contributed by atoms with Crippen LogP contribution in [0.4, 0.5) is 11.4 Å². The van der Waals surface area contributed by atoms with Gasteiger partial charge in [0.25, 0.3) is 5.91 Å². The Labute approximate surface area is 156 Å². The van der Waals surface area contributed by atoms with Gasteiger partial charge >= 0.3 is 0 Å². The van der Waals surface area contributed by atoms with Crippen molar-refractivity contribution in [3.8, 4) is 0 Å². The highest BCUT2D eigenvalue weighted by atomic mass is 32.1. The smallest absolute Gasteiger partial charge is 0.264 e. The molecule has 1 aromatic heterocycles. The van der Waals surface area contributed by atoms with Crippen LogP contribution < -0.4 is 10.6 Å². The Morgan fingerprint density at radius 2 is 1.85 bits per heavy atom. The largest absolute Gasteiger partial charge is 0.326 e. The van der Waals surface area contributed by atoms with E-state index in [4.69, 9.17) is 0 Å². The molecule has 3 rings (SSSR count). The zero-order valence-corrected chi connectivity index (χ0v) is 15.3. The molecule has 1 atom stereocenters. The molecule has 136 valence electrons. The van der Waals surface area contributed by atoms with E-state index in [0.29, 0.717) is 29.2 Å². The number of anilines is 2. The van der Waals surface area contributed by atoms with Gasteiger partial charge in [-0.3, -0.25) is 14.4 Å². The summed E-state index contributed by atoms with van der Waals surface area (Å²) in [5, 5.41) is 7.43. The first-order valence-corrected chi connectivity index (χ1v) is 9.45. The molecule has 3 amide bonds. The fourth-order valence-electron chi connectivity index (χ4n) is 3.09. The number of nitrogens with one attached hydrogen (secondary N) is 2. The van der Waals surface area contributed by atoms with Crippen LogP contribution in [-0.2, 0) is 9.59 Å². The predicted molar refractivity (Wildman–Crippen MR) is 102 cm³/mol. The van der Waals surface area contributed by atoms with Crippen molar-refractivity contribution in [1.82, 2.24) is 4.90 Å². The van der Waals surface area contributed by atoms with Gasteiger partial charge in [0.2, 0.25) is 11.8 Å². The topological polar surface area (TPSA) is 78.5 Å². The third kappa shape index (κ3) is 4.29. The minimum atomic E-state index is -0.484. The van der Waals surface area contributed by atoms with E-state index >= 15 is 0 Å². The Balaban J connectivity index is 1.73. The second kappa shape index (κ2) is 8.14. The van der Waals surface area contributed by atoms with Gasteiger partial charge in [-0.25, -0.2) is 0 Å². The molecule has 0 spiro atoms. The summed E-state index contributed by atoms with van der Waals surface area (Å²) in [6.07, 6.45) is 2.46. The summed E-state index contributed by atoms with van der Waals surface area (Å²) >= 11 is 1.39. The van der Waals surface area contributed by atoms with Gasteiger partial charge in [-0.15, -0.1) is 11.3 Å². The van der Waals surface area contributed by atoms with Crippen molar-refractivity contribution in [2.75, 3.05) is 17.2 Å². The fraction of sp³-hybridized carbons (Fsp3) is 0.316. The summed E-state index contributed by atoms with van der Waals surface area (Å²) in [6, 6.07) is 10.1. The van der Waals surface area contributed by atoms with Crippen LogP contribution in [0.25, 0.3) is 0 Å². The maximum absolute atomic E-state index is 12.8. The monoisotopic (exact) mass is 371 g/mol. The van der Waals surface area contributed by atoms with Gasteiger partial charge in [-0.1, -0.05) is 12.1 Å². The number of hydrogen-bond acceptors (Lipinski definition) is 4. The Kier molecular flexibility index (Phi) is 5.68. The molecule has 1 fully saturated rings. The lowest BCUT2D eigenvalue weighted by Crippen LogP contribution is -2.49. The van der Waals surface area contributed by atoms with Crippen molar-refractivity contribution in [1.29, 1.82) is 0 Å². The van der Waals surface area contributed by atoms with Crippen LogP contribution >= 0.6 is 11.3 Å². The number of benzene rings is 1. The highest BCUT2D eigenvalue weighted by Crippen LogP contribution is 2.23. The molecule has 1 saturated heterocycles. The Morgan fingerprint density at radius 1 is 1.08 bits per heavy atom. The molecule has 0 radical (unpaired) electrons. The number of piperidine rings is 1. The van der Waals surface area contributed by atoms with Crippen LogP contribution in [0, 0.1) is 0 Å². The molecule has 0 saturated carbocycles. The molecule has 6 nitrogen and oxygen atoms in total. The molecule has 7 heteroatoms. The van der Waals surface area contributed by atoms with Crippen LogP contribution in [0.5, 0.6) is 0 Å². The number of thiophene rings is 1. The number of rotatable bonds is 4. The van der Waals surface area contributed by atoms with Crippen LogP contribution in [-0.4, -0.2) is 35.2 Å². The molecule has 2 N–H and O–H groups in total. The van der Waals surface area contributed by atoms with Crippen molar-refractivity contribution < 1.29 is 14.4 Å². The zero-order chi connectivity index (χ0) is 18.5. The Morgan fingerprint density at radius 3 is 2.54 bits per heavy atom. The number of amides is 3. The second-order valence-electron chi connectivity index (χ2n) is 6.24. The van der Waals surface area contributed by atoms with E-state index in [1.807, 2.05) is 11.4 Å². The Bertz CT molecular complexity index is 804. The molecular weight excluding hydrogens is 350 g/mol. The maximum atomic E-state index is 12.8.